The highest BCUT2D eigenvalue weighted by Crippen LogP contribution is 2.62. The van der Waals surface area contributed by atoms with Crippen molar-refractivity contribution in [2.75, 3.05) is 0 Å². The average molecular weight is 837 g/mol. The molecule has 18 rings (SSSR count). The van der Waals surface area contributed by atoms with E-state index in [-0.39, 0.29) is 23.0 Å². The maximum Gasteiger partial charge on any atom is 0.282 e. The number of furan rings is 2. The van der Waals surface area contributed by atoms with E-state index >= 15 is 9.59 Å². The molecule has 8 bridgehead atoms. The van der Waals surface area contributed by atoms with Crippen LogP contribution in [0.1, 0.15) is 121 Å². The molecule has 4 aromatic heterocycles. The van der Waals surface area contributed by atoms with Gasteiger partial charge in [0.25, 0.3) is 11.1 Å². The summed E-state index contributed by atoms with van der Waals surface area (Å²) in [5, 5.41) is 6.04. The molecule has 0 saturated heterocycles. The van der Waals surface area contributed by atoms with Crippen LogP contribution in [-0.2, 0) is 0 Å². The Bertz CT molecular complexity index is 3620. The summed E-state index contributed by atoms with van der Waals surface area (Å²) >= 11 is 0. The van der Waals surface area contributed by atoms with Crippen molar-refractivity contribution in [3.63, 3.8) is 0 Å². The smallest absolute Gasteiger partial charge is 0.282 e. The van der Waals surface area contributed by atoms with Gasteiger partial charge in [0.2, 0.25) is 0 Å². The number of hydrogen-bond donors (Lipinski definition) is 0. The van der Waals surface area contributed by atoms with Gasteiger partial charge in [0.1, 0.15) is 22.3 Å². The van der Waals surface area contributed by atoms with E-state index in [4.69, 9.17) is 8.83 Å². The molecule has 4 atom stereocenters. The Hall–Kier alpha value is -6.14. The molecule has 8 aliphatic carbocycles. The van der Waals surface area contributed by atoms with E-state index in [1.165, 1.54) is 57.3 Å². The predicted molar refractivity (Wildman–Crippen MR) is 256 cm³/mol. The number of hydrogen-bond acceptors (Lipinski definition) is 4. The number of aromatic nitrogens is 2. The molecule has 0 amide bonds. The third-order valence-corrected chi connectivity index (χ3v) is 18.2. The number of para-hydroxylation sites is 2. The second-order valence-corrected chi connectivity index (χ2v) is 21.6. The molecule has 4 unspecified atom stereocenters. The standard InChI is InChI=1S/C58H48N2O4/c1-27-11-13-39-37-7-3-5-9-45(37)63-55(39)47(27)41-25-43-53(51-35-21-29-15-30(22-35)18-33(17-29)49(41)51)57(61)60-58(62)54-44(59(43)60)26-42(50-34-19-31-16-32(20-34)24-36(23-31)52(50)54)48-28(2)12-14-40-38-8-4-6-10-46(38)64-56(40)48/h3-14,25-26,29-36H,15-24H2,1-2H3. The summed E-state index contributed by atoms with van der Waals surface area (Å²) < 4.78 is 17.5. The lowest BCUT2D eigenvalue weighted by Crippen LogP contribution is -2.26. The average Bonchev–Trinajstić information content (AvgIpc) is 3.95. The van der Waals surface area contributed by atoms with Crippen molar-refractivity contribution in [3.8, 4) is 22.3 Å². The molecule has 6 heteroatoms. The van der Waals surface area contributed by atoms with Crippen LogP contribution in [0.4, 0.5) is 0 Å². The van der Waals surface area contributed by atoms with E-state index in [1.807, 2.05) is 0 Å². The van der Waals surface area contributed by atoms with Gasteiger partial charge < -0.3 is 8.83 Å². The fraction of sp³-hybridized carbons (Fsp3) is 0.345. The molecule has 8 aliphatic rings. The fourth-order valence-electron chi connectivity index (χ4n) is 16.3. The van der Waals surface area contributed by atoms with E-state index in [9.17, 15) is 0 Å². The zero-order chi connectivity index (χ0) is 42.0. The first-order valence-corrected chi connectivity index (χ1v) is 24.3. The number of rotatable bonds is 2. The van der Waals surface area contributed by atoms with Gasteiger partial charge in [-0.05, 0) is 194 Å². The van der Waals surface area contributed by atoms with E-state index in [2.05, 4.69) is 103 Å². The lowest BCUT2D eigenvalue weighted by Gasteiger charge is -2.38. The number of fused-ring (bicyclic) bond motifs is 11. The largest absolute Gasteiger partial charge is 0.455 e. The maximum atomic E-state index is 15.7. The van der Waals surface area contributed by atoms with Gasteiger partial charge in [0.05, 0.1) is 21.8 Å². The number of aryl methyl sites for hydroxylation is 2. The summed E-state index contributed by atoms with van der Waals surface area (Å²) in [5.74, 6) is 3.95. The van der Waals surface area contributed by atoms with Gasteiger partial charge in [-0.25, -0.2) is 4.52 Å². The Labute approximate surface area is 368 Å². The normalized spacial score (nSPS) is 26.7. The zero-order valence-electron chi connectivity index (χ0n) is 36.3. The van der Waals surface area contributed by atoms with Crippen molar-refractivity contribution in [2.24, 2.45) is 23.7 Å². The summed E-state index contributed by atoms with van der Waals surface area (Å²) in [6.45, 7) is 4.44. The lowest BCUT2D eigenvalue weighted by molar-refractivity contribution is 0.166. The third kappa shape index (κ3) is 4.29. The Morgan fingerprint density at radius 2 is 0.828 bits per heavy atom. The van der Waals surface area contributed by atoms with Crippen LogP contribution in [0.2, 0.25) is 0 Å². The zero-order valence-corrected chi connectivity index (χ0v) is 36.3. The third-order valence-electron chi connectivity index (χ3n) is 18.2. The molecule has 0 N–H and O–H groups in total. The molecule has 4 fully saturated rings. The second-order valence-electron chi connectivity index (χ2n) is 21.6. The molecule has 0 radical (unpaired) electrons. The minimum Gasteiger partial charge on any atom is -0.455 e. The molecule has 64 heavy (non-hydrogen) atoms. The van der Waals surface area contributed by atoms with E-state index < -0.39 is 0 Å². The predicted octanol–water partition coefficient (Wildman–Crippen LogP) is 14.0. The van der Waals surface area contributed by atoms with Crippen molar-refractivity contribution < 1.29 is 8.83 Å². The summed E-state index contributed by atoms with van der Waals surface area (Å²) in [5.41, 5.74) is 17.2. The van der Waals surface area contributed by atoms with Gasteiger partial charge in [-0.3, -0.25) is 9.59 Å². The quantitative estimate of drug-likeness (QED) is 0.174. The molecular weight excluding hydrogens is 789 g/mol. The van der Waals surface area contributed by atoms with Crippen LogP contribution in [0, 0.1) is 37.5 Å². The second kappa shape index (κ2) is 11.9. The summed E-state index contributed by atoms with van der Waals surface area (Å²) in [4.78, 5) is 31.4. The molecule has 6 nitrogen and oxygen atoms in total. The highest BCUT2D eigenvalue weighted by molar-refractivity contribution is 6.13. The maximum absolute atomic E-state index is 15.7. The monoisotopic (exact) mass is 836 g/mol. The molecule has 0 spiro atoms. The Morgan fingerprint density at radius 3 is 1.25 bits per heavy atom. The van der Waals surface area contributed by atoms with Crippen molar-refractivity contribution in [3.05, 3.63) is 139 Å². The molecular formula is C58H48N2O4. The minimum atomic E-state index is -0.135. The number of nitrogens with zero attached hydrogens (tertiary/aromatic N) is 2. The van der Waals surface area contributed by atoms with Gasteiger partial charge in [-0.1, -0.05) is 60.7 Å². The van der Waals surface area contributed by atoms with Gasteiger partial charge in [-0.15, -0.1) is 0 Å². The first kappa shape index (κ1) is 35.2. The van der Waals surface area contributed by atoms with E-state index in [1.54, 1.807) is 4.52 Å². The first-order valence-electron chi connectivity index (χ1n) is 24.3. The van der Waals surface area contributed by atoms with Crippen molar-refractivity contribution in [1.29, 1.82) is 0 Å². The van der Waals surface area contributed by atoms with Crippen LogP contribution in [-0.4, -0.2) is 9.03 Å². The Morgan fingerprint density at radius 1 is 0.438 bits per heavy atom. The molecule has 6 aromatic carbocycles. The topological polar surface area (TPSA) is 69.2 Å². The molecule has 10 aromatic rings. The minimum absolute atomic E-state index is 0.135. The van der Waals surface area contributed by atoms with Gasteiger partial charge >= 0.3 is 0 Å². The van der Waals surface area contributed by atoms with Gasteiger partial charge in [0, 0.05) is 32.7 Å². The van der Waals surface area contributed by atoms with Crippen LogP contribution in [0.3, 0.4) is 0 Å². The molecule has 4 saturated carbocycles. The summed E-state index contributed by atoms with van der Waals surface area (Å²) in [7, 11) is 0. The van der Waals surface area contributed by atoms with Crippen LogP contribution >= 0.6 is 0 Å². The fourth-order valence-corrected chi connectivity index (χ4v) is 16.3. The van der Waals surface area contributed by atoms with Gasteiger partial charge in [-0.2, -0.15) is 4.52 Å². The van der Waals surface area contributed by atoms with E-state index in [0.717, 1.165) is 128 Å². The SMILES string of the molecule is Cc1ccc2c(oc3ccccc32)c1-c1cc2c(c3c1C1CC4CC(C1)CC3C4)c(=O)n1c(=O)c3c4c(c(-c5c(C)ccc6c5oc5ccccc56)cc3n21)C1CC2CC(C1)CC4C2. The van der Waals surface area contributed by atoms with Crippen molar-refractivity contribution in [1.82, 2.24) is 9.03 Å². The van der Waals surface area contributed by atoms with Crippen LogP contribution < -0.4 is 11.1 Å². The first-order chi connectivity index (χ1) is 31.3. The lowest BCUT2D eigenvalue weighted by atomic mass is 9.67. The van der Waals surface area contributed by atoms with Crippen LogP contribution in [0.5, 0.6) is 0 Å². The van der Waals surface area contributed by atoms with Gasteiger partial charge in [0.15, 0.2) is 0 Å². The van der Waals surface area contributed by atoms with Crippen molar-refractivity contribution in [2.45, 2.75) is 102 Å². The Kier molecular flexibility index (Phi) is 6.58. The number of benzene rings is 6. The highest BCUT2D eigenvalue weighted by atomic mass is 16.3. The molecule has 0 aliphatic heterocycles. The highest BCUT2D eigenvalue weighted by Gasteiger charge is 2.47. The van der Waals surface area contributed by atoms with Crippen LogP contribution in [0.25, 0.3) is 87.9 Å². The van der Waals surface area contributed by atoms with Crippen LogP contribution in [0.15, 0.2) is 103 Å². The molecule has 314 valence electrons. The molecule has 4 heterocycles. The Balaban J connectivity index is 1.09. The summed E-state index contributed by atoms with van der Waals surface area (Å²) in [6, 6.07) is 30.4. The van der Waals surface area contributed by atoms with Crippen molar-refractivity contribution >= 4 is 65.7 Å². The van der Waals surface area contributed by atoms with E-state index in [0.29, 0.717) is 35.5 Å². The summed E-state index contributed by atoms with van der Waals surface area (Å²) in [6.07, 6.45) is 11.7.